The zero-order valence-electron chi connectivity index (χ0n) is 7.97. The zero-order valence-corrected chi connectivity index (χ0v) is 7.97. The molecule has 0 saturated heterocycles. The van der Waals surface area contributed by atoms with Crippen LogP contribution >= 0.6 is 0 Å². The highest BCUT2D eigenvalue weighted by atomic mass is 16.2. The summed E-state index contributed by atoms with van der Waals surface area (Å²) in [5, 5.41) is 11.3. The van der Waals surface area contributed by atoms with E-state index in [0.717, 1.165) is 12.8 Å². The monoisotopic (exact) mass is 173 g/mol. The molecular weight excluding hydrogens is 154 g/mol. The Morgan fingerprint density at radius 3 is 2.58 bits per heavy atom. The van der Waals surface area contributed by atoms with Gasteiger partial charge in [0.15, 0.2) is 0 Å². The summed E-state index contributed by atoms with van der Waals surface area (Å²) in [6.45, 7) is 4.94. The maximum Gasteiger partial charge on any atom is 0.220 e. The maximum absolute atomic E-state index is 11.0. The van der Waals surface area contributed by atoms with Crippen LogP contribution in [0.5, 0.6) is 0 Å². The molecule has 0 atom stereocenters. The van der Waals surface area contributed by atoms with Crippen molar-refractivity contribution >= 4 is 5.91 Å². The van der Waals surface area contributed by atoms with E-state index in [0.29, 0.717) is 18.9 Å². The highest BCUT2D eigenvalue weighted by molar-refractivity contribution is 5.75. The minimum atomic E-state index is 0.114. The molecule has 0 radical (unpaired) electrons. The number of hydrogen-bond donors (Lipinski definition) is 2. The Labute approximate surface area is 74.2 Å². The normalized spacial score (nSPS) is 10.3. The van der Waals surface area contributed by atoms with Gasteiger partial charge in [0.1, 0.15) is 0 Å². The van der Waals surface area contributed by atoms with Gasteiger partial charge in [0.05, 0.1) is 0 Å². The second-order valence-electron chi connectivity index (χ2n) is 3.38. The van der Waals surface area contributed by atoms with Crippen molar-refractivity contribution in [1.29, 1.82) is 0 Å². The van der Waals surface area contributed by atoms with Gasteiger partial charge in [0.2, 0.25) is 5.91 Å². The third kappa shape index (κ3) is 7.54. The van der Waals surface area contributed by atoms with E-state index in [4.69, 9.17) is 5.11 Å². The quantitative estimate of drug-likeness (QED) is 0.587. The van der Waals surface area contributed by atoms with E-state index in [9.17, 15) is 4.79 Å². The summed E-state index contributed by atoms with van der Waals surface area (Å²) in [7, 11) is 0. The number of unbranched alkanes of at least 4 members (excludes halogenated alkanes) is 1. The molecule has 2 N–H and O–H groups in total. The van der Waals surface area contributed by atoms with Gasteiger partial charge in [-0.2, -0.15) is 0 Å². The Balaban J connectivity index is 3.20. The van der Waals surface area contributed by atoms with Crippen molar-refractivity contribution in [1.82, 2.24) is 5.32 Å². The molecule has 0 aliphatic carbocycles. The molecule has 0 aromatic carbocycles. The average molecular weight is 173 g/mol. The molecule has 0 aliphatic heterocycles. The topological polar surface area (TPSA) is 49.3 Å². The van der Waals surface area contributed by atoms with Gasteiger partial charge in [0, 0.05) is 19.6 Å². The van der Waals surface area contributed by atoms with Crippen LogP contribution in [0.4, 0.5) is 0 Å². The van der Waals surface area contributed by atoms with Crippen LogP contribution in [0, 0.1) is 5.92 Å². The minimum absolute atomic E-state index is 0.114. The van der Waals surface area contributed by atoms with Crippen molar-refractivity contribution in [3.63, 3.8) is 0 Å². The fourth-order valence-electron chi connectivity index (χ4n) is 0.908. The van der Waals surface area contributed by atoms with Gasteiger partial charge in [-0.15, -0.1) is 0 Å². The summed E-state index contributed by atoms with van der Waals surface area (Å²) < 4.78 is 0. The van der Waals surface area contributed by atoms with Crippen molar-refractivity contribution < 1.29 is 9.90 Å². The summed E-state index contributed by atoms with van der Waals surface area (Å²) in [6.07, 6.45) is 2.22. The maximum atomic E-state index is 11.0. The smallest absolute Gasteiger partial charge is 0.220 e. The molecule has 0 aromatic heterocycles. The van der Waals surface area contributed by atoms with Crippen molar-refractivity contribution in [2.45, 2.75) is 33.1 Å². The first-order valence-electron chi connectivity index (χ1n) is 4.54. The summed E-state index contributed by atoms with van der Waals surface area (Å²) in [5.41, 5.74) is 0. The van der Waals surface area contributed by atoms with Crippen molar-refractivity contribution in [2.75, 3.05) is 13.2 Å². The van der Waals surface area contributed by atoms with Gasteiger partial charge in [-0.3, -0.25) is 4.79 Å². The van der Waals surface area contributed by atoms with Crippen LogP contribution in [-0.2, 0) is 4.79 Å². The molecular formula is C9H19NO2. The minimum Gasteiger partial charge on any atom is -0.396 e. The van der Waals surface area contributed by atoms with Gasteiger partial charge in [-0.25, -0.2) is 0 Å². The van der Waals surface area contributed by atoms with Crippen LogP contribution in [0.1, 0.15) is 33.1 Å². The summed E-state index contributed by atoms with van der Waals surface area (Å²) in [6, 6.07) is 0. The Morgan fingerprint density at radius 2 is 2.08 bits per heavy atom. The number of nitrogens with one attached hydrogen (secondary N) is 1. The summed E-state index contributed by atoms with van der Waals surface area (Å²) >= 11 is 0. The molecule has 0 rings (SSSR count). The SMILES string of the molecule is CC(C)CC(=O)NCCCCO. The van der Waals surface area contributed by atoms with E-state index in [1.54, 1.807) is 0 Å². The molecule has 0 saturated carbocycles. The molecule has 0 unspecified atom stereocenters. The summed E-state index contributed by atoms with van der Waals surface area (Å²) in [4.78, 5) is 11.0. The molecule has 0 aromatic rings. The summed E-state index contributed by atoms with van der Waals surface area (Å²) in [5.74, 6) is 0.533. The number of amides is 1. The van der Waals surface area contributed by atoms with E-state index >= 15 is 0 Å². The highest BCUT2D eigenvalue weighted by Crippen LogP contribution is 1.97. The number of carbonyl (C=O) groups is 1. The molecule has 3 nitrogen and oxygen atoms in total. The lowest BCUT2D eigenvalue weighted by molar-refractivity contribution is -0.121. The predicted molar refractivity (Wildman–Crippen MR) is 48.8 cm³/mol. The first-order valence-corrected chi connectivity index (χ1v) is 4.54. The Hall–Kier alpha value is -0.570. The lowest BCUT2D eigenvalue weighted by Gasteiger charge is -2.05. The van der Waals surface area contributed by atoms with E-state index < -0.39 is 0 Å². The predicted octanol–water partition coefficient (Wildman–Crippen LogP) is 0.921. The van der Waals surface area contributed by atoms with E-state index in [2.05, 4.69) is 5.32 Å². The third-order valence-electron chi connectivity index (χ3n) is 1.50. The Morgan fingerprint density at radius 1 is 1.42 bits per heavy atom. The van der Waals surface area contributed by atoms with Crippen molar-refractivity contribution in [2.24, 2.45) is 5.92 Å². The first kappa shape index (κ1) is 11.4. The number of hydrogen-bond acceptors (Lipinski definition) is 2. The largest absolute Gasteiger partial charge is 0.396 e. The van der Waals surface area contributed by atoms with Crippen LogP contribution in [0.2, 0.25) is 0 Å². The standard InChI is InChI=1S/C9H19NO2/c1-8(2)7-9(12)10-5-3-4-6-11/h8,11H,3-7H2,1-2H3,(H,10,12). The fourth-order valence-corrected chi connectivity index (χ4v) is 0.908. The van der Waals surface area contributed by atoms with Crippen LogP contribution in [0.15, 0.2) is 0 Å². The van der Waals surface area contributed by atoms with Gasteiger partial charge in [-0.1, -0.05) is 13.8 Å². The lowest BCUT2D eigenvalue weighted by Crippen LogP contribution is -2.25. The molecule has 12 heavy (non-hydrogen) atoms. The molecule has 0 heterocycles. The first-order chi connectivity index (χ1) is 5.66. The van der Waals surface area contributed by atoms with E-state index in [1.165, 1.54) is 0 Å². The second kappa shape index (κ2) is 7.10. The zero-order chi connectivity index (χ0) is 9.40. The lowest BCUT2D eigenvalue weighted by atomic mass is 10.1. The second-order valence-corrected chi connectivity index (χ2v) is 3.38. The van der Waals surface area contributed by atoms with E-state index in [1.807, 2.05) is 13.8 Å². The number of aliphatic hydroxyl groups excluding tert-OH is 1. The highest BCUT2D eigenvalue weighted by Gasteiger charge is 2.02. The Kier molecular flexibility index (Phi) is 6.76. The van der Waals surface area contributed by atoms with Gasteiger partial charge >= 0.3 is 0 Å². The molecule has 72 valence electrons. The fraction of sp³-hybridized carbons (Fsp3) is 0.889. The van der Waals surface area contributed by atoms with Crippen molar-refractivity contribution in [3.05, 3.63) is 0 Å². The molecule has 0 fully saturated rings. The average Bonchev–Trinajstić information content (AvgIpc) is 1.97. The number of aliphatic hydroxyl groups is 1. The van der Waals surface area contributed by atoms with E-state index in [-0.39, 0.29) is 12.5 Å². The third-order valence-corrected chi connectivity index (χ3v) is 1.50. The van der Waals surface area contributed by atoms with Crippen LogP contribution in [0.25, 0.3) is 0 Å². The number of rotatable bonds is 6. The molecule has 3 heteroatoms. The molecule has 1 amide bonds. The van der Waals surface area contributed by atoms with Gasteiger partial charge in [-0.05, 0) is 18.8 Å². The van der Waals surface area contributed by atoms with Crippen LogP contribution in [-0.4, -0.2) is 24.2 Å². The Bertz CT molecular complexity index is 124. The molecule has 0 spiro atoms. The van der Waals surface area contributed by atoms with Crippen molar-refractivity contribution in [3.8, 4) is 0 Å². The van der Waals surface area contributed by atoms with Crippen LogP contribution in [0.3, 0.4) is 0 Å². The van der Waals surface area contributed by atoms with Crippen LogP contribution < -0.4 is 5.32 Å². The molecule has 0 bridgehead atoms. The number of carbonyl (C=O) groups excluding carboxylic acids is 1. The van der Waals surface area contributed by atoms with Gasteiger partial charge < -0.3 is 10.4 Å². The van der Waals surface area contributed by atoms with Gasteiger partial charge in [0.25, 0.3) is 0 Å². The molecule has 0 aliphatic rings.